The second kappa shape index (κ2) is 11.5. The molecule has 0 bridgehead atoms. The van der Waals surface area contributed by atoms with Crippen LogP contribution in [0.2, 0.25) is 0 Å². The fourth-order valence-corrected chi connectivity index (χ4v) is 2.87. The van der Waals surface area contributed by atoms with E-state index in [0.29, 0.717) is 35.7 Å². The van der Waals surface area contributed by atoms with Crippen LogP contribution in [0.3, 0.4) is 0 Å². The van der Waals surface area contributed by atoms with Crippen LogP contribution in [0.5, 0.6) is 17.2 Å². The lowest BCUT2D eigenvalue weighted by Crippen LogP contribution is -2.27. The number of hydrogen-bond donors (Lipinski definition) is 3. The maximum atomic E-state index is 11.8. The van der Waals surface area contributed by atoms with Crippen LogP contribution in [0.25, 0.3) is 0 Å². The van der Waals surface area contributed by atoms with Gasteiger partial charge in [0.05, 0.1) is 6.10 Å². The summed E-state index contributed by atoms with van der Waals surface area (Å²) in [7, 11) is 0. The zero-order chi connectivity index (χ0) is 22.9. The van der Waals surface area contributed by atoms with Crippen molar-refractivity contribution in [1.82, 2.24) is 0 Å². The summed E-state index contributed by atoms with van der Waals surface area (Å²) in [5.74, 6) is 0.622. The van der Waals surface area contributed by atoms with Crippen molar-refractivity contribution < 1.29 is 39.1 Å². The predicted octanol–water partition coefficient (Wildman–Crippen LogP) is 2.73. The molecule has 3 N–H and O–H groups in total. The molecule has 0 saturated heterocycles. The predicted molar refractivity (Wildman–Crippen MR) is 113 cm³/mol. The maximum Gasteiger partial charge on any atom is 0.344 e. The highest BCUT2D eigenvalue weighted by Gasteiger charge is 2.17. The Morgan fingerprint density at radius 2 is 1.68 bits per heavy atom. The number of aliphatic hydroxyl groups excluding tert-OH is 3. The largest absolute Gasteiger partial charge is 0.482 e. The van der Waals surface area contributed by atoms with Gasteiger partial charge in [0, 0.05) is 0 Å². The first-order valence-electron chi connectivity index (χ1n) is 9.94. The molecule has 31 heavy (non-hydrogen) atoms. The number of rotatable bonds is 11. The van der Waals surface area contributed by atoms with Gasteiger partial charge in [0.1, 0.15) is 11.4 Å². The van der Waals surface area contributed by atoms with Crippen molar-refractivity contribution in [3.8, 4) is 17.2 Å². The van der Waals surface area contributed by atoms with Gasteiger partial charge in [-0.25, -0.2) is 4.79 Å². The van der Waals surface area contributed by atoms with Crippen LogP contribution in [-0.2, 0) is 16.0 Å². The van der Waals surface area contributed by atoms with Crippen LogP contribution in [0.1, 0.15) is 44.4 Å². The number of carbonyl (C=O) groups excluding carboxylic acids is 1. The SMILES string of the molecule is CC(C)(C)OC(=O)COc1cccc([C@H](O)CCc2ccc(OCO)c(OCO)c2)c1. The van der Waals surface area contributed by atoms with Gasteiger partial charge in [-0.15, -0.1) is 0 Å². The molecule has 0 aromatic heterocycles. The Morgan fingerprint density at radius 3 is 2.35 bits per heavy atom. The van der Waals surface area contributed by atoms with Gasteiger partial charge in [0.2, 0.25) is 0 Å². The summed E-state index contributed by atoms with van der Waals surface area (Å²) in [5, 5.41) is 28.5. The first-order chi connectivity index (χ1) is 14.7. The third-order valence-electron chi connectivity index (χ3n) is 4.17. The highest BCUT2D eigenvalue weighted by Crippen LogP contribution is 2.30. The molecular formula is C23H30O8. The number of benzene rings is 2. The molecule has 8 nitrogen and oxygen atoms in total. The van der Waals surface area contributed by atoms with Crippen molar-refractivity contribution in [1.29, 1.82) is 0 Å². The molecule has 2 aromatic rings. The van der Waals surface area contributed by atoms with Crippen LogP contribution >= 0.6 is 0 Å². The zero-order valence-electron chi connectivity index (χ0n) is 18.0. The molecule has 0 unspecified atom stereocenters. The highest BCUT2D eigenvalue weighted by atomic mass is 16.6. The molecule has 1 atom stereocenters. The molecule has 8 heteroatoms. The second-order valence-corrected chi connectivity index (χ2v) is 7.83. The van der Waals surface area contributed by atoms with Gasteiger partial charge in [0.15, 0.2) is 31.7 Å². The van der Waals surface area contributed by atoms with Crippen LogP contribution < -0.4 is 14.2 Å². The van der Waals surface area contributed by atoms with Crippen LogP contribution in [0.4, 0.5) is 0 Å². The van der Waals surface area contributed by atoms with Gasteiger partial charge in [-0.1, -0.05) is 18.2 Å². The monoisotopic (exact) mass is 434 g/mol. The Hall–Kier alpha value is -2.81. The Morgan fingerprint density at radius 1 is 0.968 bits per heavy atom. The van der Waals surface area contributed by atoms with E-state index in [1.807, 2.05) is 0 Å². The molecule has 0 spiro atoms. The lowest BCUT2D eigenvalue weighted by atomic mass is 10.0. The molecule has 0 heterocycles. The van der Waals surface area contributed by atoms with E-state index in [0.717, 1.165) is 5.56 Å². The number of carbonyl (C=O) groups is 1. The quantitative estimate of drug-likeness (QED) is 0.365. The summed E-state index contributed by atoms with van der Waals surface area (Å²) in [5.41, 5.74) is 0.946. The summed E-state index contributed by atoms with van der Waals surface area (Å²) < 4.78 is 20.9. The second-order valence-electron chi connectivity index (χ2n) is 7.83. The number of aliphatic hydroxyl groups is 3. The van der Waals surface area contributed by atoms with Gasteiger partial charge >= 0.3 is 5.97 Å². The number of aryl methyl sites for hydroxylation is 1. The third kappa shape index (κ3) is 8.45. The van der Waals surface area contributed by atoms with E-state index in [4.69, 9.17) is 29.2 Å². The minimum absolute atomic E-state index is 0.216. The van der Waals surface area contributed by atoms with Gasteiger partial charge in [-0.2, -0.15) is 0 Å². The van der Waals surface area contributed by atoms with Gasteiger partial charge in [-0.3, -0.25) is 0 Å². The average Bonchev–Trinajstić information content (AvgIpc) is 2.71. The van der Waals surface area contributed by atoms with E-state index in [2.05, 4.69) is 0 Å². The zero-order valence-corrected chi connectivity index (χ0v) is 18.0. The summed E-state index contributed by atoms with van der Waals surface area (Å²) in [6.45, 7) is 4.11. The van der Waals surface area contributed by atoms with Crippen LogP contribution in [-0.4, -0.2) is 47.1 Å². The third-order valence-corrected chi connectivity index (χ3v) is 4.17. The van der Waals surface area contributed by atoms with Crippen molar-refractivity contribution >= 4 is 5.97 Å². The lowest BCUT2D eigenvalue weighted by Gasteiger charge is -2.19. The average molecular weight is 434 g/mol. The van der Waals surface area contributed by atoms with E-state index >= 15 is 0 Å². The molecule has 0 radical (unpaired) electrons. The Kier molecular flexibility index (Phi) is 9.11. The number of ether oxygens (including phenoxy) is 4. The van der Waals surface area contributed by atoms with E-state index in [1.54, 1.807) is 63.2 Å². The molecule has 2 rings (SSSR count). The normalized spacial score (nSPS) is 12.2. The molecule has 0 aliphatic carbocycles. The molecule has 2 aromatic carbocycles. The first kappa shape index (κ1) is 24.5. The van der Waals surface area contributed by atoms with Crippen LogP contribution in [0, 0.1) is 0 Å². The molecule has 0 fully saturated rings. The van der Waals surface area contributed by atoms with Crippen molar-refractivity contribution in [3.05, 3.63) is 53.6 Å². The van der Waals surface area contributed by atoms with E-state index in [9.17, 15) is 9.90 Å². The van der Waals surface area contributed by atoms with Gasteiger partial charge in [-0.05, 0) is 69.0 Å². The highest BCUT2D eigenvalue weighted by molar-refractivity contribution is 5.71. The molecule has 0 amide bonds. The van der Waals surface area contributed by atoms with Gasteiger partial charge < -0.3 is 34.3 Å². The van der Waals surface area contributed by atoms with E-state index in [1.165, 1.54) is 0 Å². The van der Waals surface area contributed by atoms with Crippen molar-refractivity contribution in [2.45, 2.75) is 45.3 Å². The molecule has 170 valence electrons. The smallest absolute Gasteiger partial charge is 0.344 e. The number of hydrogen-bond acceptors (Lipinski definition) is 8. The molecule has 0 aliphatic rings. The Bertz CT molecular complexity index is 844. The van der Waals surface area contributed by atoms with Crippen LogP contribution in [0.15, 0.2) is 42.5 Å². The number of esters is 1. The molecule has 0 saturated carbocycles. The van der Waals surface area contributed by atoms with E-state index < -0.39 is 31.3 Å². The molecule has 0 aliphatic heterocycles. The minimum Gasteiger partial charge on any atom is -0.482 e. The summed E-state index contributed by atoms with van der Waals surface area (Å²) in [4.78, 5) is 11.8. The van der Waals surface area contributed by atoms with Gasteiger partial charge in [0.25, 0.3) is 0 Å². The maximum absolute atomic E-state index is 11.8. The van der Waals surface area contributed by atoms with Crippen molar-refractivity contribution in [2.24, 2.45) is 0 Å². The summed E-state index contributed by atoms with van der Waals surface area (Å²) in [6, 6.07) is 12.0. The van der Waals surface area contributed by atoms with E-state index in [-0.39, 0.29) is 6.61 Å². The standard InChI is InChI=1S/C23H30O8/c1-23(2,3)31-22(27)13-28-18-6-4-5-17(12-18)19(26)9-7-16-8-10-20(29-14-24)21(11-16)30-15-25/h4-6,8,10-12,19,24-26H,7,9,13-15H2,1-3H3/t19-/m1/s1. The summed E-state index contributed by atoms with van der Waals surface area (Å²) >= 11 is 0. The Balaban J connectivity index is 1.95. The first-order valence-corrected chi connectivity index (χ1v) is 9.94. The van der Waals surface area contributed by atoms with Crippen molar-refractivity contribution in [3.63, 3.8) is 0 Å². The fraction of sp³-hybridized carbons (Fsp3) is 0.435. The lowest BCUT2D eigenvalue weighted by molar-refractivity contribution is -0.157. The summed E-state index contributed by atoms with van der Waals surface area (Å²) in [6.07, 6.45) is 0.209. The fourth-order valence-electron chi connectivity index (χ4n) is 2.87. The molecular weight excluding hydrogens is 404 g/mol. The Labute approximate surface area is 182 Å². The topological polar surface area (TPSA) is 115 Å². The minimum atomic E-state index is -0.749. The van der Waals surface area contributed by atoms with Crippen molar-refractivity contribution in [2.75, 3.05) is 20.2 Å².